The van der Waals surface area contributed by atoms with Crippen molar-refractivity contribution in [1.29, 1.82) is 0 Å². The number of ether oxygens (including phenoxy) is 1. The normalized spacial score (nSPS) is 17.0. The number of carbonyl (C=O) groups is 1. The summed E-state index contributed by atoms with van der Waals surface area (Å²) in [5.74, 6) is 1.13. The number of benzene rings is 1. The fourth-order valence-electron chi connectivity index (χ4n) is 3.69. The second kappa shape index (κ2) is 10.4. The minimum absolute atomic E-state index is 0.0154. The number of aryl methyl sites for hydroxylation is 1. The lowest BCUT2D eigenvalue weighted by atomic mass is 10.1. The summed E-state index contributed by atoms with van der Waals surface area (Å²) >= 11 is 3.17. The van der Waals surface area contributed by atoms with Gasteiger partial charge in [-0.05, 0) is 37.8 Å². The highest BCUT2D eigenvalue weighted by Crippen LogP contribution is 2.29. The summed E-state index contributed by atoms with van der Waals surface area (Å²) in [7, 11) is 0. The van der Waals surface area contributed by atoms with Crippen LogP contribution < -0.4 is 5.32 Å². The first-order chi connectivity index (χ1) is 15.1. The summed E-state index contributed by atoms with van der Waals surface area (Å²) in [6.07, 6.45) is 3.31. The van der Waals surface area contributed by atoms with Gasteiger partial charge in [0.2, 0.25) is 5.91 Å². The predicted molar refractivity (Wildman–Crippen MR) is 125 cm³/mol. The molecule has 1 N–H and O–H groups in total. The van der Waals surface area contributed by atoms with Crippen LogP contribution in [0.2, 0.25) is 0 Å². The summed E-state index contributed by atoms with van der Waals surface area (Å²) in [4.78, 5) is 13.9. The molecule has 1 aromatic carbocycles. The molecular formula is C23H28N4O2S2. The van der Waals surface area contributed by atoms with Crippen LogP contribution in [0, 0.1) is 0 Å². The van der Waals surface area contributed by atoms with Gasteiger partial charge in [0.1, 0.15) is 0 Å². The monoisotopic (exact) mass is 456 g/mol. The van der Waals surface area contributed by atoms with E-state index < -0.39 is 0 Å². The Kier molecular flexibility index (Phi) is 7.42. The first-order valence-corrected chi connectivity index (χ1v) is 12.6. The molecule has 1 aliphatic rings. The van der Waals surface area contributed by atoms with Crippen LogP contribution in [0.4, 0.5) is 0 Å². The lowest BCUT2D eigenvalue weighted by Crippen LogP contribution is -2.28. The molecule has 1 saturated heterocycles. The van der Waals surface area contributed by atoms with Gasteiger partial charge in [-0.2, -0.15) is 0 Å². The standard InChI is InChI=1S/C23H28N4O2S2/c1-3-20-12-18(14-30-20)22-25-26-23(27(22)13-19-10-7-11-29-19)31-15-21(28)24-16(2)17-8-5-4-6-9-17/h4-6,8-9,12,14,16,19H,3,7,10-11,13,15H2,1-2H3,(H,24,28). The van der Waals surface area contributed by atoms with Crippen LogP contribution in [0.25, 0.3) is 11.4 Å². The SMILES string of the molecule is CCc1cc(-c2nnc(SCC(=O)NC(C)c3ccccc3)n2CC2CCCO2)cs1. The molecule has 4 rings (SSSR count). The molecule has 0 bridgehead atoms. The fraction of sp³-hybridized carbons (Fsp3) is 0.435. The summed E-state index contributed by atoms with van der Waals surface area (Å²) < 4.78 is 7.98. The minimum atomic E-state index is -0.0344. The highest BCUT2D eigenvalue weighted by Gasteiger charge is 2.23. The molecule has 2 atom stereocenters. The van der Waals surface area contributed by atoms with Gasteiger partial charge in [0.05, 0.1) is 24.4 Å². The van der Waals surface area contributed by atoms with Gasteiger partial charge in [-0.3, -0.25) is 9.36 Å². The number of carbonyl (C=O) groups excluding carboxylic acids is 1. The molecule has 6 nitrogen and oxygen atoms in total. The van der Waals surface area contributed by atoms with E-state index in [1.54, 1.807) is 11.3 Å². The Balaban J connectivity index is 1.46. The molecular weight excluding hydrogens is 428 g/mol. The van der Waals surface area contributed by atoms with Crippen molar-refractivity contribution < 1.29 is 9.53 Å². The summed E-state index contributed by atoms with van der Waals surface area (Å²) in [6.45, 7) is 5.67. The van der Waals surface area contributed by atoms with E-state index in [2.05, 4.69) is 38.5 Å². The highest BCUT2D eigenvalue weighted by atomic mass is 32.2. The number of hydrogen-bond acceptors (Lipinski definition) is 6. The number of thiophene rings is 1. The molecule has 3 heterocycles. The zero-order valence-corrected chi connectivity index (χ0v) is 19.5. The van der Waals surface area contributed by atoms with Gasteiger partial charge < -0.3 is 10.1 Å². The third kappa shape index (κ3) is 5.56. The fourth-order valence-corrected chi connectivity index (χ4v) is 5.26. The Hall–Kier alpha value is -2.16. The molecule has 1 fully saturated rings. The van der Waals surface area contributed by atoms with Gasteiger partial charge in [0.25, 0.3) is 0 Å². The minimum Gasteiger partial charge on any atom is -0.376 e. The van der Waals surface area contributed by atoms with Crippen LogP contribution >= 0.6 is 23.1 Å². The third-order valence-electron chi connectivity index (χ3n) is 5.40. The number of nitrogens with zero attached hydrogens (tertiary/aromatic N) is 3. The van der Waals surface area contributed by atoms with E-state index in [-0.39, 0.29) is 18.1 Å². The van der Waals surface area contributed by atoms with Crippen LogP contribution in [-0.2, 0) is 22.5 Å². The molecule has 0 aliphatic carbocycles. The predicted octanol–water partition coefficient (Wildman–Crippen LogP) is 4.72. The van der Waals surface area contributed by atoms with Crippen molar-refractivity contribution in [3.63, 3.8) is 0 Å². The molecule has 8 heteroatoms. The zero-order valence-electron chi connectivity index (χ0n) is 17.9. The van der Waals surface area contributed by atoms with Crippen LogP contribution in [0.5, 0.6) is 0 Å². The van der Waals surface area contributed by atoms with E-state index in [4.69, 9.17) is 4.74 Å². The van der Waals surface area contributed by atoms with Gasteiger partial charge in [-0.25, -0.2) is 0 Å². The lowest BCUT2D eigenvalue weighted by Gasteiger charge is -2.15. The summed E-state index contributed by atoms with van der Waals surface area (Å²) in [5.41, 5.74) is 2.18. The molecule has 0 radical (unpaired) electrons. The Morgan fingerprint density at radius 2 is 2.19 bits per heavy atom. The van der Waals surface area contributed by atoms with Crippen molar-refractivity contribution in [2.45, 2.75) is 57.0 Å². The van der Waals surface area contributed by atoms with E-state index in [1.165, 1.54) is 16.6 Å². The van der Waals surface area contributed by atoms with E-state index in [1.807, 2.05) is 37.3 Å². The van der Waals surface area contributed by atoms with E-state index in [0.29, 0.717) is 12.3 Å². The van der Waals surface area contributed by atoms with Gasteiger partial charge in [0, 0.05) is 22.4 Å². The summed E-state index contributed by atoms with van der Waals surface area (Å²) in [6, 6.07) is 12.1. The number of aromatic nitrogens is 3. The Morgan fingerprint density at radius 1 is 1.35 bits per heavy atom. The smallest absolute Gasteiger partial charge is 0.230 e. The van der Waals surface area contributed by atoms with E-state index in [9.17, 15) is 4.79 Å². The number of thioether (sulfide) groups is 1. The number of hydrogen-bond donors (Lipinski definition) is 1. The number of nitrogens with one attached hydrogen (secondary N) is 1. The lowest BCUT2D eigenvalue weighted by molar-refractivity contribution is -0.119. The maximum Gasteiger partial charge on any atom is 0.230 e. The zero-order chi connectivity index (χ0) is 21.6. The molecule has 2 unspecified atom stereocenters. The van der Waals surface area contributed by atoms with Crippen molar-refractivity contribution in [3.05, 3.63) is 52.2 Å². The average molecular weight is 457 g/mol. The maximum atomic E-state index is 12.6. The maximum absolute atomic E-state index is 12.6. The Morgan fingerprint density at radius 3 is 2.90 bits per heavy atom. The molecule has 1 aliphatic heterocycles. The van der Waals surface area contributed by atoms with Crippen molar-refractivity contribution in [1.82, 2.24) is 20.1 Å². The van der Waals surface area contributed by atoms with Gasteiger partial charge >= 0.3 is 0 Å². The quantitative estimate of drug-likeness (QED) is 0.472. The second-order valence-electron chi connectivity index (χ2n) is 7.70. The number of amides is 1. The van der Waals surface area contributed by atoms with Gasteiger partial charge in [-0.15, -0.1) is 21.5 Å². The van der Waals surface area contributed by atoms with Crippen LogP contribution in [0.1, 0.15) is 43.2 Å². The van der Waals surface area contributed by atoms with E-state index in [0.717, 1.165) is 48.0 Å². The highest BCUT2D eigenvalue weighted by molar-refractivity contribution is 7.99. The first kappa shape index (κ1) is 22.0. The third-order valence-corrected chi connectivity index (χ3v) is 7.44. The van der Waals surface area contributed by atoms with Crippen molar-refractivity contribution in [3.8, 4) is 11.4 Å². The molecule has 31 heavy (non-hydrogen) atoms. The Bertz CT molecular complexity index is 996. The average Bonchev–Trinajstić information content (AvgIpc) is 3.54. The summed E-state index contributed by atoms with van der Waals surface area (Å²) in [5, 5.41) is 14.9. The van der Waals surface area contributed by atoms with E-state index >= 15 is 0 Å². The largest absolute Gasteiger partial charge is 0.376 e. The molecule has 3 aromatic rings. The van der Waals surface area contributed by atoms with Crippen LogP contribution in [0.3, 0.4) is 0 Å². The second-order valence-corrected chi connectivity index (χ2v) is 9.63. The molecule has 0 spiro atoms. The first-order valence-electron chi connectivity index (χ1n) is 10.7. The number of rotatable bonds is 9. The topological polar surface area (TPSA) is 69.0 Å². The molecule has 2 aromatic heterocycles. The molecule has 1 amide bonds. The van der Waals surface area contributed by atoms with Crippen molar-refractivity contribution in [2.75, 3.05) is 12.4 Å². The molecule has 0 saturated carbocycles. The molecule has 164 valence electrons. The van der Waals surface area contributed by atoms with Crippen LogP contribution in [0.15, 0.2) is 46.9 Å². The van der Waals surface area contributed by atoms with Crippen LogP contribution in [-0.4, -0.2) is 39.1 Å². The van der Waals surface area contributed by atoms with Crippen molar-refractivity contribution in [2.24, 2.45) is 0 Å². The Labute approximate surface area is 191 Å². The van der Waals surface area contributed by atoms with Crippen molar-refractivity contribution >= 4 is 29.0 Å². The van der Waals surface area contributed by atoms with Gasteiger partial charge in [0.15, 0.2) is 11.0 Å². The van der Waals surface area contributed by atoms with Gasteiger partial charge in [-0.1, -0.05) is 49.0 Å².